The monoisotopic (exact) mass is 322 g/mol. The van der Waals surface area contributed by atoms with Crippen LogP contribution in [0.5, 0.6) is 5.75 Å². The maximum absolute atomic E-state index is 13.5. The van der Waals surface area contributed by atoms with Crippen LogP contribution in [0.2, 0.25) is 0 Å². The molecular weight excluding hydrogens is 294 g/mol. The fourth-order valence-electron chi connectivity index (χ4n) is 4.82. The molecule has 2 aliphatic carbocycles. The molecule has 3 rings (SSSR count). The van der Waals surface area contributed by atoms with Crippen LogP contribution in [0.25, 0.3) is 0 Å². The molecule has 0 radical (unpaired) electrons. The minimum Gasteiger partial charge on any atom is -0.505 e. The van der Waals surface area contributed by atoms with Gasteiger partial charge in [0, 0.05) is 0 Å². The number of halogens is 2. The van der Waals surface area contributed by atoms with Crippen molar-refractivity contribution in [2.24, 2.45) is 17.8 Å². The van der Waals surface area contributed by atoms with Gasteiger partial charge in [0.25, 0.3) is 0 Å². The van der Waals surface area contributed by atoms with Crippen LogP contribution in [0, 0.1) is 29.4 Å². The fourth-order valence-corrected chi connectivity index (χ4v) is 4.82. The number of hydrogen-bond acceptors (Lipinski definition) is 1. The standard InChI is InChI=1S/C20H28F2O/c1-2-13-3-5-14(6-4-13)15-7-9-16(10-8-15)17-11-18(21)20(22)19(23)12-17/h11-16,23H,2-10H2,1H3. The van der Waals surface area contributed by atoms with Crippen molar-refractivity contribution >= 4 is 0 Å². The predicted octanol–water partition coefficient (Wildman–Crippen LogP) is 6.16. The Labute approximate surface area is 138 Å². The van der Waals surface area contributed by atoms with Gasteiger partial charge < -0.3 is 5.11 Å². The number of hydrogen-bond donors (Lipinski definition) is 1. The molecule has 1 aromatic rings. The van der Waals surface area contributed by atoms with Crippen LogP contribution in [0.3, 0.4) is 0 Å². The highest BCUT2D eigenvalue weighted by Crippen LogP contribution is 2.44. The van der Waals surface area contributed by atoms with Gasteiger partial charge in [-0.15, -0.1) is 0 Å². The molecule has 0 aromatic heterocycles. The van der Waals surface area contributed by atoms with Crippen LogP contribution in [0.4, 0.5) is 8.78 Å². The summed E-state index contributed by atoms with van der Waals surface area (Å²) >= 11 is 0. The van der Waals surface area contributed by atoms with Crippen molar-refractivity contribution in [1.29, 1.82) is 0 Å². The second-order valence-corrected chi connectivity index (χ2v) is 7.64. The summed E-state index contributed by atoms with van der Waals surface area (Å²) in [5, 5.41) is 9.50. The number of phenolic OH excluding ortho intramolecular Hbond substituents is 1. The summed E-state index contributed by atoms with van der Waals surface area (Å²) in [5.41, 5.74) is 0.759. The normalized spacial score (nSPS) is 32.0. The van der Waals surface area contributed by atoms with E-state index in [2.05, 4.69) is 6.92 Å². The van der Waals surface area contributed by atoms with Crippen LogP contribution in [-0.4, -0.2) is 5.11 Å². The van der Waals surface area contributed by atoms with Crippen LogP contribution < -0.4 is 0 Å². The molecular formula is C20H28F2O. The third kappa shape index (κ3) is 3.70. The van der Waals surface area contributed by atoms with Gasteiger partial charge >= 0.3 is 0 Å². The van der Waals surface area contributed by atoms with E-state index < -0.39 is 17.4 Å². The number of phenols is 1. The maximum Gasteiger partial charge on any atom is 0.200 e. The third-order valence-electron chi connectivity index (χ3n) is 6.41. The van der Waals surface area contributed by atoms with Gasteiger partial charge in [-0.2, -0.15) is 4.39 Å². The van der Waals surface area contributed by atoms with Crippen LogP contribution in [0.15, 0.2) is 12.1 Å². The van der Waals surface area contributed by atoms with E-state index in [1.165, 1.54) is 57.1 Å². The molecule has 128 valence electrons. The van der Waals surface area contributed by atoms with Crippen molar-refractivity contribution in [1.82, 2.24) is 0 Å². The van der Waals surface area contributed by atoms with E-state index in [0.29, 0.717) is 0 Å². The molecule has 0 amide bonds. The first-order chi connectivity index (χ1) is 11.1. The van der Waals surface area contributed by atoms with Crippen molar-refractivity contribution < 1.29 is 13.9 Å². The van der Waals surface area contributed by atoms with E-state index in [-0.39, 0.29) is 5.92 Å². The van der Waals surface area contributed by atoms with Crippen molar-refractivity contribution in [3.05, 3.63) is 29.3 Å². The summed E-state index contributed by atoms with van der Waals surface area (Å²) in [7, 11) is 0. The Morgan fingerprint density at radius 1 is 0.913 bits per heavy atom. The van der Waals surface area contributed by atoms with E-state index in [4.69, 9.17) is 0 Å². The van der Waals surface area contributed by atoms with Gasteiger partial charge in [0.05, 0.1) is 0 Å². The van der Waals surface area contributed by atoms with Crippen molar-refractivity contribution in [3.8, 4) is 5.75 Å². The maximum atomic E-state index is 13.5. The summed E-state index contributed by atoms with van der Waals surface area (Å²) in [6.07, 6.45) is 11.3. The van der Waals surface area contributed by atoms with Gasteiger partial charge in [0.2, 0.25) is 0 Å². The first kappa shape index (κ1) is 16.7. The molecule has 1 nitrogen and oxygen atoms in total. The van der Waals surface area contributed by atoms with E-state index in [1.54, 1.807) is 0 Å². The minimum absolute atomic E-state index is 0.263. The lowest BCUT2D eigenvalue weighted by Gasteiger charge is -2.38. The quantitative estimate of drug-likeness (QED) is 0.706. The summed E-state index contributed by atoms with van der Waals surface area (Å²) in [6.45, 7) is 2.30. The Morgan fingerprint density at radius 3 is 2.00 bits per heavy atom. The smallest absolute Gasteiger partial charge is 0.200 e. The van der Waals surface area contributed by atoms with Gasteiger partial charge in [-0.3, -0.25) is 0 Å². The largest absolute Gasteiger partial charge is 0.505 e. The molecule has 0 spiro atoms. The Bertz CT molecular complexity index is 503. The molecule has 0 atom stereocenters. The molecule has 0 unspecified atom stereocenters. The van der Waals surface area contributed by atoms with Gasteiger partial charge in [0.15, 0.2) is 17.4 Å². The average molecular weight is 322 g/mol. The summed E-state index contributed by atoms with van der Waals surface area (Å²) in [5.74, 6) is 0.266. The van der Waals surface area contributed by atoms with E-state index >= 15 is 0 Å². The molecule has 2 fully saturated rings. The molecule has 2 aliphatic rings. The van der Waals surface area contributed by atoms with Crippen molar-refractivity contribution in [2.45, 2.75) is 70.6 Å². The molecule has 0 heterocycles. The second-order valence-electron chi connectivity index (χ2n) is 7.64. The molecule has 1 aromatic carbocycles. The second kappa shape index (κ2) is 7.19. The summed E-state index contributed by atoms with van der Waals surface area (Å²) in [6, 6.07) is 2.68. The first-order valence-electron chi connectivity index (χ1n) is 9.26. The number of benzene rings is 1. The van der Waals surface area contributed by atoms with Crippen molar-refractivity contribution in [3.63, 3.8) is 0 Å². The molecule has 1 N–H and O–H groups in total. The summed E-state index contributed by atoms with van der Waals surface area (Å²) < 4.78 is 26.7. The van der Waals surface area contributed by atoms with Crippen LogP contribution in [0.1, 0.15) is 76.2 Å². The summed E-state index contributed by atoms with van der Waals surface area (Å²) in [4.78, 5) is 0. The molecule has 3 heteroatoms. The van der Waals surface area contributed by atoms with Gasteiger partial charge in [-0.05, 0) is 79.9 Å². The van der Waals surface area contributed by atoms with E-state index in [1.807, 2.05) is 0 Å². The van der Waals surface area contributed by atoms with E-state index in [9.17, 15) is 13.9 Å². The number of aromatic hydroxyl groups is 1. The highest BCUT2D eigenvalue weighted by atomic mass is 19.2. The molecule has 0 saturated heterocycles. The van der Waals surface area contributed by atoms with E-state index in [0.717, 1.165) is 36.2 Å². The zero-order valence-corrected chi connectivity index (χ0v) is 14.0. The molecule has 0 aliphatic heterocycles. The van der Waals surface area contributed by atoms with Gasteiger partial charge in [-0.1, -0.05) is 26.2 Å². The fraction of sp³-hybridized carbons (Fsp3) is 0.700. The lowest BCUT2D eigenvalue weighted by molar-refractivity contribution is 0.158. The third-order valence-corrected chi connectivity index (χ3v) is 6.41. The Morgan fingerprint density at radius 2 is 1.48 bits per heavy atom. The number of rotatable bonds is 3. The highest BCUT2D eigenvalue weighted by Gasteiger charge is 2.31. The Kier molecular flexibility index (Phi) is 5.23. The zero-order valence-electron chi connectivity index (χ0n) is 14.0. The molecule has 23 heavy (non-hydrogen) atoms. The topological polar surface area (TPSA) is 20.2 Å². The Balaban J connectivity index is 1.56. The van der Waals surface area contributed by atoms with Crippen molar-refractivity contribution in [2.75, 3.05) is 0 Å². The molecule has 2 saturated carbocycles. The van der Waals surface area contributed by atoms with Crippen LogP contribution >= 0.6 is 0 Å². The first-order valence-corrected chi connectivity index (χ1v) is 9.26. The SMILES string of the molecule is CCC1CCC(C2CCC(c3cc(O)c(F)c(F)c3)CC2)CC1. The zero-order chi connectivity index (χ0) is 16.4. The van der Waals surface area contributed by atoms with Gasteiger partial charge in [-0.25, -0.2) is 4.39 Å². The highest BCUT2D eigenvalue weighted by molar-refractivity contribution is 5.32. The van der Waals surface area contributed by atoms with Gasteiger partial charge in [0.1, 0.15) is 0 Å². The van der Waals surface area contributed by atoms with Crippen LogP contribution in [-0.2, 0) is 0 Å². The lowest BCUT2D eigenvalue weighted by atomic mass is 9.68. The minimum atomic E-state index is -1.13. The molecule has 0 bridgehead atoms. The average Bonchev–Trinajstić information content (AvgIpc) is 2.59. The lowest BCUT2D eigenvalue weighted by Crippen LogP contribution is -2.25. The predicted molar refractivity (Wildman–Crippen MR) is 88.5 cm³/mol. The Hall–Kier alpha value is -1.12.